The minimum Gasteiger partial charge on any atom is -0.383 e. The van der Waals surface area contributed by atoms with Gasteiger partial charge >= 0.3 is 0 Å². The van der Waals surface area contributed by atoms with E-state index in [1.165, 1.54) is 5.56 Å². The molecule has 0 unspecified atom stereocenters. The first kappa shape index (κ1) is 20.1. The van der Waals surface area contributed by atoms with Crippen LogP contribution < -0.4 is 10.6 Å². The highest BCUT2D eigenvalue weighted by molar-refractivity contribution is 7.80. The van der Waals surface area contributed by atoms with Crippen molar-refractivity contribution >= 4 is 28.8 Å². The molecule has 0 fully saturated rings. The van der Waals surface area contributed by atoms with Crippen LogP contribution in [-0.2, 0) is 10.2 Å². The Morgan fingerprint density at radius 3 is 2.38 bits per heavy atom. The van der Waals surface area contributed by atoms with Gasteiger partial charge in [0.05, 0.1) is 6.61 Å². The minimum absolute atomic E-state index is 0.00707. The number of ether oxygens (including phenoxy) is 1. The number of nitrogens with one attached hydrogen (secondary N) is 2. The summed E-state index contributed by atoms with van der Waals surface area (Å²) in [7, 11) is 1.64. The lowest BCUT2D eigenvalue weighted by Crippen LogP contribution is -2.31. The number of rotatable bonds is 6. The van der Waals surface area contributed by atoms with Gasteiger partial charge < -0.3 is 15.4 Å². The molecule has 2 aromatic rings. The molecular formula is C21H26N2O2S. The number of thiocarbonyl (C=S) groups is 1. The highest BCUT2D eigenvalue weighted by atomic mass is 32.1. The second kappa shape index (κ2) is 8.92. The van der Waals surface area contributed by atoms with Crippen LogP contribution in [0.3, 0.4) is 0 Å². The van der Waals surface area contributed by atoms with Gasteiger partial charge in [0.2, 0.25) is 0 Å². The molecule has 26 heavy (non-hydrogen) atoms. The fraction of sp³-hybridized carbons (Fsp3) is 0.333. The van der Waals surface area contributed by atoms with Crippen molar-refractivity contribution in [1.29, 1.82) is 0 Å². The van der Waals surface area contributed by atoms with Crippen molar-refractivity contribution in [1.82, 2.24) is 5.32 Å². The average Bonchev–Trinajstić information content (AvgIpc) is 2.61. The predicted molar refractivity (Wildman–Crippen MR) is 111 cm³/mol. The van der Waals surface area contributed by atoms with Crippen molar-refractivity contribution in [2.45, 2.75) is 26.2 Å². The minimum atomic E-state index is -0.00707. The van der Waals surface area contributed by atoms with Crippen LogP contribution in [0.4, 0.5) is 5.69 Å². The molecule has 0 aliphatic heterocycles. The molecule has 0 aromatic heterocycles. The lowest BCUT2D eigenvalue weighted by molar-refractivity contribution is 0.103. The van der Waals surface area contributed by atoms with Gasteiger partial charge in [-0.2, -0.15) is 0 Å². The Labute approximate surface area is 161 Å². The van der Waals surface area contributed by atoms with Crippen molar-refractivity contribution in [2.24, 2.45) is 0 Å². The van der Waals surface area contributed by atoms with Gasteiger partial charge in [0.25, 0.3) is 0 Å². The molecule has 5 heteroatoms. The van der Waals surface area contributed by atoms with Crippen LogP contribution >= 0.6 is 12.2 Å². The molecule has 2 N–H and O–H groups in total. The number of carbonyl (C=O) groups excluding carboxylic acids is 1. The standard InChI is InChI=1S/C21H26N2O2S/c1-21(2,3)17-10-8-15(9-11-17)19(24)16-6-5-7-18(14-16)23-20(26)22-12-13-25-4/h5-11,14H,12-13H2,1-4H3,(H2,22,23,26). The molecule has 4 nitrogen and oxygen atoms in total. The van der Waals surface area contributed by atoms with E-state index in [1.807, 2.05) is 48.5 Å². The Morgan fingerprint density at radius 2 is 1.77 bits per heavy atom. The van der Waals surface area contributed by atoms with Gasteiger partial charge in [0.15, 0.2) is 10.9 Å². The molecule has 138 valence electrons. The maximum Gasteiger partial charge on any atom is 0.193 e. The fourth-order valence-electron chi connectivity index (χ4n) is 2.47. The highest BCUT2D eigenvalue weighted by Crippen LogP contribution is 2.23. The van der Waals surface area contributed by atoms with E-state index < -0.39 is 0 Å². The first-order chi connectivity index (χ1) is 12.3. The van der Waals surface area contributed by atoms with Crippen LogP contribution in [0.25, 0.3) is 0 Å². The number of methoxy groups -OCH3 is 1. The first-order valence-electron chi connectivity index (χ1n) is 8.60. The van der Waals surface area contributed by atoms with E-state index in [-0.39, 0.29) is 11.2 Å². The summed E-state index contributed by atoms with van der Waals surface area (Å²) in [5.74, 6) is -0.00707. The molecule has 0 spiro atoms. The van der Waals surface area contributed by atoms with Crippen molar-refractivity contribution in [3.8, 4) is 0 Å². The summed E-state index contributed by atoms with van der Waals surface area (Å²) in [6.07, 6.45) is 0. The Hall–Kier alpha value is -2.24. The summed E-state index contributed by atoms with van der Waals surface area (Å²) in [4.78, 5) is 12.8. The Kier molecular flexibility index (Phi) is 6.89. The van der Waals surface area contributed by atoms with Gasteiger partial charge in [-0.25, -0.2) is 0 Å². The zero-order valence-corrected chi connectivity index (χ0v) is 16.6. The second-order valence-corrected chi connectivity index (χ2v) is 7.52. The third-order valence-electron chi connectivity index (χ3n) is 3.99. The van der Waals surface area contributed by atoms with Crippen LogP contribution in [0, 0.1) is 0 Å². The molecule has 0 saturated heterocycles. The molecule has 0 heterocycles. The lowest BCUT2D eigenvalue weighted by atomic mass is 9.86. The van der Waals surface area contributed by atoms with Crippen molar-refractivity contribution in [3.63, 3.8) is 0 Å². The number of ketones is 1. The summed E-state index contributed by atoms with van der Waals surface area (Å²) in [5.41, 5.74) is 3.35. The summed E-state index contributed by atoms with van der Waals surface area (Å²) >= 11 is 5.24. The van der Waals surface area contributed by atoms with Gasteiger partial charge in [-0.15, -0.1) is 0 Å². The Balaban J connectivity index is 2.09. The topological polar surface area (TPSA) is 50.4 Å². The average molecular weight is 371 g/mol. The van der Waals surface area contributed by atoms with Crippen molar-refractivity contribution in [3.05, 3.63) is 65.2 Å². The molecule has 0 atom stereocenters. The van der Waals surface area contributed by atoms with Crippen LogP contribution in [0.15, 0.2) is 48.5 Å². The summed E-state index contributed by atoms with van der Waals surface area (Å²) in [6.45, 7) is 7.67. The van der Waals surface area contributed by atoms with E-state index in [0.29, 0.717) is 29.4 Å². The van der Waals surface area contributed by atoms with Crippen molar-refractivity contribution in [2.75, 3.05) is 25.6 Å². The quantitative estimate of drug-likeness (QED) is 0.454. The zero-order chi connectivity index (χ0) is 19.2. The maximum atomic E-state index is 12.8. The summed E-state index contributed by atoms with van der Waals surface area (Å²) in [5, 5.41) is 6.63. The van der Waals surface area contributed by atoms with Crippen LogP contribution in [0.5, 0.6) is 0 Å². The summed E-state index contributed by atoms with van der Waals surface area (Å²) < 4.78 is 4.98. The second-order valence-electron chi connectivity index (χ2n) is 7.11. The monoisotopic (exact) mass is 370 g/mol. The molecule has 0 aliphatic carbocycles. The SMILES string of the molecule is COCCNC(=S)Nc1cccc(C(=O)c2ccc(C(C)(C)C)cc2)c1. The van der Waals surface area contributed by atoms with E-state index in [2.05, 4.69) is 31.4 Å². The van der Waals surface area contributed by atoms with E-state index >= 15 is 0 Å². The lowest BCUT2D eigenvalue weighted by Gasteiger charge is -2.19. The predicted octanol–water partition coefficient (Wildman–Crippen LogP) is 4.15. The zero-order valence-electron chi connectivity index (χ0n) is 15.8. The molecule has 0 radical (unpaired) electrons. The van der Waals surface area contributed by atoms with E-state index in [0.717, 1.165) is 5.69 Å². The van der Waals surface area contributed by atoms with Gasteiger partial charge in [0.1, 0.15) is 0 Å². The number of hydrogen-bond donors (Lipinski definition) is 2. The third-order valence-corrected chi connectivity index (χ3v) is 4.23. The Bertz CT molecular complexity index is 764. The van der Waals surface area contributed by atoms with Crippen LogP contribution in [0.1, 0.15) is 42.3 Å². The smallest absolute Gasteiger partial charge is 0.193 e. The van der Waals surface area contributed by atoms with Crippen molar-refractivity contribution < 1.29 is 9.53 Å². The van der Waals surface area contributed by atoms with E-state index in [4.69, 9.17) is 17.0 Å². The van der Waals surface area contributed by atoms with Gasteiger partial charge in [-0.1, -0.05) is 57.2 Å². The largest absolute Gasteiger partial charge is 0.383 e. The number of anilines is 1. The first-order valence-corrected chi connectivity index (χ1v) is 9.01. The van der Waals surface area contributed by atoms with Crippen LogP contribution in [0.2, 0.25) is 0 Å². The summed E-state index contributed by atoms with van der Waals surface area (Å²) in [6, 6.07) is 15.2. The molecular weight excluding hydrogens is 344 g/mol. The molecule has 0 aliphatic rings. The normalized spacial score (nSPS) is 11.1. The van der Waals surface area contributed by atoms with E-state index in [1.54, 1.807) is 7.11 Å². The van der Waals surface area contributed by atoms with E-state index in [9.17, 15) is 4.79 Å². The van der Waals surface area contributed by atoms with Gasteiger partial charge in [0, 0.05) is 30.5 Å². The van der Waals surface area contributed by atoms with Crippen LogP contribution in [-0.4, -0.2) is 31.2 Å². The maximum absolute atomic E-state index is 12.8. The van der Waals surface area contributed by atoms with Gasteiger partial charge in [-0.05, 0) is 35.3 Å². The fourth-order valence-corrected chi connectivity index (χ4v) is 2.69. The Morgan fingerprint density at radius 1 is 1.08 bits per heavy atom. The number of hydrogen-bond acceptors (Lipinski definition) is 3. The molecule has 0 saturated carbocycles. The number of benzene rings is 2. The molecule has 0 bridgehead atoms. The number of carbonyl (C=O) groups is 1. The molecule has 2 aromatic carbocycles. The molecule has 0 amide bonds. The highest BCUT2D eigenvalue weighted by Gasteiger charge is 2.15. The van der Waals surface area contributed by atoms with Gasteiger partial charge in [-0.3, -0.25) is 4.79 Å². The molecule has 2 rings (SSSR count). The third kappa shape index (κ3) is 5.64.